The van der Waals surface area contributed by atoms with E-state index in [-0.39, 0.29) is 17.7 Å². The molecule has 1 aliphatic heterocycles. The first kappa shape index (κ1) is 13.3. The van der Waals surface area contributed by atoms with Crippen LogP contribution in [0.2, 0.25) is 5.02 Å². The maximum atomic E-state index is 12.1. The van der Waals surface area contributed by atoms with Gasteiger partial charge in [-0.05, 0) is 24.0 Å². The number of halogens is 1. The van der Waals surface area contributed by atoms with Crippen molar-refractivity contribution in [3.05, 3.63) is 46.9 Å². The normalized spacial score (nSPS) is 24.1. The van der Waals surface area contributed by atoms with Crippen molar-refractivity contribution >= 4 is 17.5 Å². The second-order valence-corrected chi connectivity index (χ2v) is 5.40. The lowest BCUT2D eigenvalue weighted by Gasteiger charge is -2.15. The Kier molecular flexibility index (Phi) is 3.83. The highest BCUT2D eigenvalue weighted by Crippen LogP contribution is 2.49. The van der Waals surface area contributed by atoms with Gasteiger partial charge < -0.3 is 14.8 Å². The van der Waals surface area contributed by atoms with Crippen molar-refractivity contribution in [2.75, 3.05) is 19.8 Å². The van der Waals surface area contributed by atoms with Gasteiger partial charge in [-0.3, -0.25) is 4.79 Å². The van der Waals surface area contributed by atoms with Gasteiger partial charge >= 0.3 is 0 Å². The summed E-state index contributed by atoms with van der Waals surface area (Å²) in [5.41, 5.74) is 1.06. The first-order chi connectivity index (χ1) is 9.75. The highest BCUT2D eigenvalue weighted by atomic mass is 35.5. The van der Waals surface area contributed by atoms with Gasteiger partial charge in [0.05, 0.1) is 6.54 Å². The van der Waals surface area contributed by atoms with E-state index in [9.17, 15) is 4.79 Å². The molecule has 106 valence electrons. The van der Waals surface area contributed by atoms with Crippen LogP contribution < -0.4 is 5.32 Å². The van der Waals surface area contributed by atoms with E-state index in [0.29, 0.717) is 25.5 Å². The average Bonchev–Trinajstić information content (AvgIpc) is 3.27. The summed E-state index contributed by atoms with van der Waals surface area (Å²) in [6.45, 7) is 1.48. The summed E-state index contributed by atoms with van der Waals surface area (Å²) >= 11 is 6.15. The maximum absolute atomic E-state index is 12.1. The fraction of sp³-hybridized carbons (Fsp3) is 0.400. The Hall–Kier alpha value is -1.68. The monoisotopic (exact) mass is 293 g/mol. The molecule has 1 aromatic carbocycles. The lowest BCUT2D eigenvalue weighted by Crippen LogP contribution is -2.29. The first-order valence-electron chi connectivity index (χ1n) is 6.71. The molecule has 0 spiro atoms. The third kappa shape index (κ3) is 2.90. The van der Waals surface area contributed by atoms with E-state index in [1.807, 2.05) is 24.3 Å². The predicted molar refractivity (Wildman–Crippen MR) is 75.3 cm³/mol. The summed E-state index contributed by atoms with van der Waals surface area (Å²) in [6.07, 6.45) is 2.41. The Morgan fingerprint density at radius 3 is 2.95 bits per heavy atom. The number of rotatable bonds is 4. The molecule has 0 bridgehead atoms. The minimum atomic E-state index is 0.0139. The number of hydrogen-bond donors (Lipinski definition) is 1. The molecule has 2 aliphatic rings. The first-order valence-corrected chi connectivity index (χ1v) is 7.09. The maximum Gasteiger partial charge on any atom is 0.224 e. The number of amides is 1. The molecule has 20 heavy (non-hydrogen) atoms. The largest absolute Gasteiger partial charge is 0.494 e. The van der Waals surface area contributed by atoms with Crippen LogP contribution in [0.4, 0.5) is 0 Å². The van der Waals surface area contributed by atoms with Crippen molar-refractivity contribution in [2.45, 2.75) is 12.3 Å². The lowest BCUT2D eigenvalue weighted by molar-refractivity contribution is -0.122. The van der Waals surface area contributed by atoms with Crippen LogP contribution >= 0.6 is 11.6 Å². The third-order valence-corrected chi connectivity index (χ3v) is 3.92. The molecule has 0 saturated heterocycles. The zero-order valence-corrected chi connectivity index (χ0v) is 11.7. The van der Waals surface area contributed by atoms with Crippen LogP contribution in [0.5, 0.6) is 0 Å². The molecule has 5 heteroatoms. The quantitative estimate of drug-likeness (QED) is 0.927. The van der Waals surface area contributed by atoms with E-state index >= 15 is 0 Å². The number of nitrogens with one attached hydrogen (secondary N) is 1. The topological polar surface area (TPSA) is 47.6 Å². The zero-order chi connectivity index (χ0) is 13.9. The van der Waals surface area contributed by atoms with Gasteiger partial charge in [-0.2, -0.15) is 0 Å². The van der Waals surface area contributed by atoms with Crippen LogP contribution in [0.1, 0.15) is 17.9 Å². The van der Waals surface area contributed by atoms with Gasteiger partial charge in [0, 0.05) is 10.9 Å². The predicted octanol–water partition coefficient (Wildman–Crippen LogP) is 2.45. The zero-order valence-electron chi connectivity index (χ0n) is 11.0. The molecule has 1 aliphatic carbocycles. The molecule has 1 amide bonds. The number of carbonyl (C=O) groups is 1. The van der Waals surface area contributed by atoms with Crippen LogP contribution in [0.25, 0.3) is 0 Å². The molecule has 1 saturated carbocycles. The summed E-state index contributed by atoms with van der Waals surface area (Å²) in [7, 11) is 0. The Balaban J connectivity index is 1.53. The summed E-state index contributed by atoms with van der Waals surface area (Å²) in [5.74, 6) is 0.964. The number of benzene rings is 1. The van der Waals surface area contributed by atoms with Crippen molar-refractivity contribution in [1.29, 1.82) is 0 Å². The fourth-order valence-corrected chi connectivity index (χ4v) is 2.68. The van der Waals surface area contributed by atoms with Crippen molar-refractivity contribution in [3.63, 3.8) is 0 Å². The van der Waals surface area contributed by atoms with Gasteiger partial charge in [0.15, 0.2) is 0 Å². The standard InChI is InChI=1S/C15H16ClNO3/c16-14-4-2-1-3-11(14)12-7-13(12)15(18)17-8-10-9-19-5-6-20-10/h1-4,9,12-13H,5-8H2,(H,17,18)/t12-,13-/m1/s1. The van der Waals surface area contributed by atoms with Crippen molar-refractivity contribution < 1.29 is 14.3 Å². The highest BCUT2D eigenvalue weighted by molar-refractivity contribution is 6.31. The second-order valence-electron chi connectivity index (χ2n) is 4.99. The molecule has 0 aromatic heterocycles. The van der Waals surface area contributed by atoms with Gasteiger partial charge in [-0.1, -0.05) is 29.8 Å². The summed E-state index contributed by atoms with van der Waals surface area (Å²) < 4.78 is 10.5. The van der Waals surface area contributed by atoms with Crippen LogP contribution in [-0.2, 0) is 14.3 Å². The molecule has 1 fully saturated rings. The van der Waals surface area contributed by atoms with Gasteiger partial charge in [0.1, 0.15) is 25.2 Å². The molecule has 1 heterocycles. The Bertz CT molecular complexity index is 544. The number of ether oxygens (including phenoxy) is 2. The molecule has 0 radical (unpaired) electrons. The van der Waals surface area contributed by atoms with E-state index in [0.717, 1.165) is 17.0 Å². The van der Waals surface area contributed by atoms with Crippen LogP contribution in [-0.4, -0.2) is 25.7 Å². The van der Waals surface area contributed by atoms with Gasteiger partial charge in [-0.15, -0.1) is 0 Å². The fourth-order valence-electron chi connectivity index (χ4n) is 2.41. The lowest BCUT2D eigenvalue weighted by atomic mass is 10.1. The van der Waals surface area contributed by atoms with Crippen LogP contribution in [0.3, 0.4) is 0 Å². The van der Waals surface area contributed by atoms with Crippen LogP contribution in [0, 0.1) is 5.92 Å². The van der Waals surface area contributed by atoms with Crippen molar-refractivity contribution in [1.82, 2.24) is 5.32 Å². The molecular weight excluding hydrogens is 278 g/mol. The van der Waals surface area contributed by atoms with E-state index in [2.05, 4.69) is 5.32 Å². The van der Waals surface area contributed by atoms with Crippen molar-refractivity contribution in [3.8, 4) is 0 Å². The average molecular weight is 294 g/mol. The third-order valence-electron chi connectivity index (χ3n) is 3.57. The molecule has 1 aromatic rings. The Morgan fingerprint density at radius 1 is 1.35 bits per heavy atom. The Labute approximate surface area is 122 Å². The summed E-state index contributed by atoms with van der Waals surface area (Å²) in [5, 5.41) is 3.61. The minimum Gasteiger partial charge on any atom is -0.494 e. The molecule has 0 unspecified atom stereocenters. The van der Waals surface area contributed by atoms with E-state index in [1.165, 1.54) is 0 Å². The molecule has 1 N–H and O–H groups in total. The smallest absolute Gasteiger partial charge is 0.224 e. The summed E-state index contributed by atoms with van der Waals surface area (Å²) in [6, 6.07) is 7.70. The number of hydrogen-bond acceptors (Lipinski definition) is 3. The van der Waals surface area contributed by atoms with Gasteiger partial charge in [-0.25, -0.2) is 0 Å². The molecular formula is C15H16ClNO3. The Morgan fingerprint density at radius 2 is 2.20 bits per heavy atom. The van der Waals surface area contributed by atoms with Crippen LogP contribution in [0.15, 0.2) is 36.3 Å². The molecule has 4 nitrogen and oxygen atoms in total. The van der Waals surface area contributed by atoms with Crippen molar-refractivity contribution in [2.24, 2.45) is 5.92 Å². The molecule has 3 rings (SSSR count). The van der Waals surface area contributed by atoms with E-state index in [1.54, 1.807) is 6.26 Å². The highest BCUT2D eigenvalue weighted by Gasteiger charge is 2.44. The SMILES string of the molecule is O=C(NCC1=COCCO1)[C@@H]1C[C@@H]1c1ccccc1Cl. The van der Waals surface area contributed by atoms with E-state index in [4.69, 9.17) is 21.1 Å². The van der Waals surface area contributed by atoms with E-state index < -0.39 is 0 Å². The molecule has 2 atom stereocenters. The second kappa shape index (κ2) is 5.75. The van der Waals surface area contributed by atoms with Gasteiger partial charge in [0.25, 0.3) is 0 Å². The minimum absolute atomic E-state index is 0.0139. The van der Waals surface area contributed by atoms with Gasteiger partial charge in [0.2, 0.25) is 5.91 Å². The number of carbonyl (C=O) groups excluding carboxylic acids is 1. The summed E-state index contributed by atoms with van der Waals surface area (Å²) in [4.78, 5) is 12.1.